The number of allylic oxidation sites excluding steroid dienone is 2. The van der Waals surface area contributed by atoms with Gasteiger partial charge in [-0.2, -0.15) is 0 Å². The highest BCUT2D eigenvalue weighted by Gasteiger charge is 2.25. The second kappa shape index (κ2) is 9.39. The quantitative estimate of drug-likeness (QED) is 0.422. The Morgan fingerprint density at radius 2 is 1.87 bits per heavy atom. The number of carbonyl (C=O) groups is 2. The predicted molar refractivity (Wildman–Crippen MR) is 112 cm³/mol. The number of hydrogen-bond donors (Lipinski definition) is 1. The van der Waals surface area contributed by atoms with Crippen LogP contribution in [0.15, 0.2) is 52.1 Å². The van der Waals surface area contributed by atoms with Crippen LogP contribution in [0.2, 0.25) is 0 Å². The van der Waals surface area contributed by atoms with Crippen LogP contribution in [0, 0.1) is 5.92 Å². The number of rotatable bonds is 7. The molecule has 3 rings (SSSR count). The van der Waals surface area contributed by atoms with Gasteiger partial charge in [-0.1, -0.05) is 42.5 Å². The molecule has 1 heterocycles. The van der Waals surface area contributed by atoms with Crippen LogP contribution in [0.5, 0.6) is 0 Å². The van der Waals surface area contributed by atoms with Gasteiger partial charge in [0, 0.05) is 6.54 Å². The molecule has 0 bridgehead atoms. The maximum Gasteiger partial charge on any atom is 0.332 e. The molecule has 0 fully saturated rings. The van der Waals surface area contributed by atoms with Gasteiger partial charge in [-0.15, -0.1) is 0 Å². The number of carbonyl (C=O) groups excluding carboxylic acids is 2. The monoisotopic (exact) mass is 411 g/mol. The van der Waals surface area contributed by atoms with E-state index in [-0.39, 0.29) is 30.4 Å². The number of anilines is 1. The smallest absolute Gasteiger partial charge is 0.332 e. The van der Waals surface area contributed by atoms with Gasteiger partial charge in [0.25, 0.3) is 5.56 Å². The predicted octanol–water partition coefficient (Wildman–Crippen LogP) is 1.74. The lowest BCUT2D eigenvalue weighted by molar-refractivity contribution is -0.147. The van der Waals surface area contributed by atoms with E-state index in [4.69, 9.17) is 10.5 Å². The van der Waals surface area contributed by atoms with E-state index >= 15 is 0 Å². The zero-order valence-corrected chi connectivity index (χ0v) is 16.9. The van der Waals surface area contributed by atoms with E-state index in [1.807, 2.05) is 42.5 Å². The van der Waals surface area contributed by atoms with Gasteiger partial charge in [0.05, 0.1) is 12.5 Å². The molecule has 8 nitrogen and oxygen atoms in total. The van der Waals surface area contributed by atoms with Gasteiger partial charge in [-0.3, -0.25) is 23.5 Å². The van der Waals surface area contributed by atoms with Crippen LogP contribution < -0.4 is 17.0 Å². The van der Waals surface area contributed by atoms with Crippen LogP contribution >= 0.6 is 0 Å². The SMILES string of the molecule is CCn1c(=O)c(C(=O)COC(=O)[C@H]2CC=CCC2)c(N)n(Cc2ccccc2)c1=O. The Kier molecular flexibility index (Phi) is 6.66. The summed E-state index contributed by atoms with van der Waals surface area (Å²) in [7, 11) is 0. The molecule has 2 aromatic rings. The summed E-state index contributed by atoms with van der Waals surface area (Å²) in [6.45, 7) is 1.24. The van der Waals surface area contributed by atoms with Crippen LogP contribution in [-0.2, 0) is 22.6 Å². The minimum absolute atomic E-state index is 0.0845. The van der Waals surface area contributed by atoms with Crippen molar-refractivity contribution in [3.05, 3.63) is 74.4 Å². The van der Waals surface area contributed by atoms with Crippen molar-refractivity contribution in [2.45, 2.75) is 39.3 Å². The number of nitrogen functional groups attached to an aromatic ring is 1. The maximum atomic E-state index is 12.8. The molecule has 0 aliphatic heterocycles. The fourth-order valence-corrected chi connectivity index (χ4v) is 3.51. The van der Waals surface area contributed by atoms with Crippen LogP contribution in [0.25, 0.3) is 0 Å². The van der Waals surface area contributed by atoms with Crippen molar-refractivity contribution < 1.29 is 14.3 Å². The minimum atomic E-state index is -0.772. The first-order valence-electron chi connectivity index (χ1n) is 9.95. The first-order chi connectivity index (χ1) is 14.4. The molecule has 1 aliphatic carbocycles. The molecule has 158 valence electrons. The molecule has 2 N–H and O–H groups in total. The molecular formula is C22H25N3O5. The van der Waals surface area contributed by atoms with Crippen LogP contribution in [0.4, 0.5) is 5.82 Å². The Morgan fingerprint density at radius 3 is 2.50 bits per heavy atom. The summed E-state index contributed by atoms with van der Waals surface area (Å²) in [5.41, 5.74) is 5.19. The molecule has 0 saturated heterocycles. The van der Waals surface area contributed by atoms with Crippen molar-refractivity contribution in [1.29, 1.82) is 0 Å². The summed E-state index contributed by atoms with van der Waals surface area (Å²) < 4.78 is 7.31. The number of ketones is 1. The van der Waals surface area contributed by atoms with Crippen molar-refractivity contribution in [1.82, 2.24) is 9.13 Å². The van der Waals surface area contributed by atoms with E-state index in [1.165, 1.54) is 4.57 Å². The zero-order chi connectivity index (χ0) is 21.7. The zero-order valence-electron chi connectivity index (χ0n) is 16.9. The Bertz CT molecular complexity index is 1080. The number of aromatic nitrogens is 2. The second-order valence-electron chi connectivity index (χ2n) is 7.18. The van der Waals surface area contributed by atoms with Gasteiger partial charge < -0.3 is 10.5 Å². The number of nitrogens with zero attached hydrogens (tertiary/aromatic N) is 2. The summed E-state index contributed by atoms with van der Waals surface area (Å²) in [4.78, 5) is 50.4. The van der Waals surface area contributed by atoms with Crippen LogP contribution in [0.3, 0.4) is 0 Å². The number of esters is 1. The molecule has 1 aromatic heterocycles. The van der Waals surface area contributed by atoms with E-state index in [1.54, 1.807) is 6.92 Å². The van der Waals surface area contributed by atoms with Gasteiger partial charge in [-0.25, -0.2) is 4.79 Å². The highest BCUT2D eigenvalue weighted by Crippen LogP contribution is 2.19. The first kappa shape index (κ1) is 21.3. The van der Waals surface area contributed by atoms with E-state index in [0.29, 0.717) is 12.8 Å². The lowest BCUT2D eigenvalue weighted by Crippen LogP contribution is -2.44. The molecular weight excluding hydrogens is 386 g/mol. The summed E-state index contributed by atoms with van der Waals surface area (Å²) in [5, 5.41) is 0. The summed E-state index contributed by atoms with van der Waals surface area (Å²) in [6.07, 6.45) is 5.93. The van der Waals surface area contributed by atoms with Crippen molar-refractivity contribution in [3.63, 3.8) is 0 Å². The van der Waals surface area contributed by atoms with Gasteiger partial charge in [0.1, 0.15) is 11.4 Å². The summed E-state index contributed by atoms with van der Waals surface area (Å²) in [6, 6.07) is 9.11. The first-order valence-corrected chi connectivity index (χ1v) is 9.95. The molecule has 0 amide bonds. The molecule has 8 heteroatoms. The van der Waals surface area contributed by atoms with Gasteiger partial charge in [0.15, 0.2) is 6.61 Å². The third-order valence-corrected chi connectivity index (χ3v) is 5.19. The van der Waals surface area contributed by atoms with E-state index in [9.17, 15) is 19.2 Å². The van der Waals surface area contributed by atoms with Crippen molar-refractivity contribution >= 4 is 17.6 Å². The van der Waals surface area contributed by atoms with Crippen molar-refractivity contribution in [3.8, 4) is 0 Å². The van der Waals surface area contributed by atoms with Crippen LogP contribution in [0.1, 0.15) is 42.1 Å². The lowest BCUT2D eigenvalue weighted by Gasteiger charge is -2.17. The van der Waals surface area contributed by atoms with E-state index < -0.39 is 29.6 Å². The van der Waals surface area contributed by atoms with Crippen LogP contribution in [-0.4, -0.2) is 27.5 Å². The Balaban J connectivity index is 1.89. The fraction of sp³-hybridized carbons (Fsp3) is 0.364. The molecule has 0 saturated carbocycles. The second-order valence-corrected chi connectivity index (χ2v) is 7.18. The maximum absolute atomic E-state index is 12.8. The number of benzene rings is 1. The average molecular weight is 411 g/mol. The Labute approximate surface area is 173 Å². The number of hydrogen-bond acceptors (Lipinski definition) is 6. The lowest BCUT2D eigenvalue weighted by atomic mass is 9.95. The minimum Gasteiger partial charge on any atom is -0.457 e. The molecule has 0 spiro atoms. The highest BCUT2D eigenvalue weighted by molar-refractivity contribution is 6.01. The van der Waals surface area contributed by atoms with E-state index in [0.717, 1.165) is 16.6 Å². The standard InChI is InChI=1S/C22H25N3O5/c1-2-24-20(27)18(17(26)14-30-21(28)16-11-7-4-8-12-16)19(23)25(22(24)29)13-15-9-5-3-6-10-15/h3-7,9-10,16H,2,8,11-14,23H2,1H3/t16-/m0/s1. The largest absolute Gasteiger partial charge is 0.457 e. The molecule has 1 aliphatic rings. The molecule has 1 aromatic carbocycles. The number of nitrogens with two attached hydrogens (primary N) is 1. The number of ether oxygens (including phenoxy) is 1. The summed E-state index contributed by atoms with van der Waals surface area (Å²) in [5.74, 6) is -1.71. The third kappa shape index (κ3) is 4.42. The van der Waals surface area contributed by atoms with Crippen molar-refractivity contribution in [2.24, 2.45) is 5.92 Å². The fourth-order valence-electron chi connectivity index (χ4n) is 3.51. The average Bonchev–Trinajstić information content (AvgIpc) is 2.76. The third-order valence-electron chi connectivity index (χ3n) is 5.19. The van der Waals surface area contributed by atoms with Gasteiger partial charge in [-0.05, 0) is 31.7 Å². The molecule has 0 unspecified atom stereocenters. The number of Topliss-reactive ketones (excluding diaryl/α,β-unsaturated/α-hetero) is 1. The molecule has 1 atom stereocenters. The van der Waals surface area contributed by atoms with Gasteiger partial charge >= 0.3 is 11.7 Å². The Morgan fingerprint density at radius 1 is 1.13 bits per heavy atom. The molecule has 30 heavy (non-hydrogen) atoms. The van der Waals surface area contributed by atoms with E-state index in [2.05, 4.69) is 0 Å². The topological polar surface area (TPSA) is 113 Å². The van der Waals surface area contributed by atoms with Crippen molar-refractivity contribution in [2.75, 3.05) is 12.3 Å². The van der Waals surface area contributed by atoms with Gasteiger partial charge in [0.2, 0.25) is 5.78 Å². The normalized spacial score (nSPS) is 15.7. The summed E-state index contributed by atoms with van der Waals surface area (Å²) >= 11 is 0. The molecule has 0 radical (unpaired) electrons. The highest BCUT2D eigenvalue weighted by atomic mass is 16.5. The Hall–Kier alpha value is -3.42.